The van der Waals surface area contributed by atoms with Gasteiger partial charge in [0.05, 0.1) is 0 Å². The molecule has 1 N–H and O–H groups in total. The van der Waals surface area contributed by atoms with Crippen molar-refractivity contribution in [2.75, 3.05) is 33.2 Å². The molecule has 80 valence electrons. The van der Waals surface area contributed by atoms with Gasteiger partial charge in [-0.1, -0.05) is 20.8 Å². The van der Waals surface area contributed by atoms with Crippen LogP contribution in [-0.4, -0.2) is 38.1 Å². The normalized spacial score (nSPS) is 13.6. The Morgan fingerprint density at radius 1 is 1.23 bits per heavy atom. The highest BCUT2D eigenvalue weighted by Gasteiger charge is 2.04. The standard InChI is InChI=1S/C11H26N2/c1-5-7-12-9-11(3)10-13(4)8-6-2/h11-12H,5-10H2,1-4H3. The predicted octanol–water partition coefficient (Wildman–Crippen LogP) is 1.96. The molecule has 0 saturated heterocycles. The third kappa shape index (κ3) is 8.26. The summed E-state index contributed by atoms with van der Waals surface area (Å²) in [6.07, 6.45) is 2.49. The molecule has 2 heteroatoms. The summed E-state index contributed by atoms with van der Waals surface area (Å²) in [5.41, 5.74) is 0. The maximum Gasteiger partial charge on any atom is 0.00161 e. The lowest BCUT2D eigenvalue weighted by atomic mass is 10.1. The van der Waals surface area contributed by atoms with E-state index in [-0.39, 0.29) is 0 Å². The smallest absolute Gasteiger partial charge is 0.00161 e. The van der Waals surface area contributed by atoms with Gasteiger partial charge in [-0.3, -0.25) is 0 Å². The molecule has 1 unspecified atom stereocenters. The lowest BCUT2D eigenvalue weighted by Crippen LogP contribution is -2.31. The molecule has 0 fully saturated rings. The monoisotopic (exact) mass is 186 g/mol. The summed E-state index contributed by atoms with van der Waals surface area (Å²) < 4.78 is 0. The molecule has 0 saturated carbocycles. The van der Waals surface area contributed by atoms with Crippen LogP contribution in [0.4, 0.5) is 0 Å². The number of rotatable bonds is 8. The van der Waals surface area contributed by atoms with Crippen molar-refractivity contribution >= 4 is 0 Å². The molecule has 0 amide bonds. The van der Waals surface area contributed by atoms with E-state index in [2.05, 4.69) is 38.0 Å². The molecule has 0 bridgehead atoms. The van der Waals surface area contributed by atoms with Gasteiger partial charge in [0, 0.05) is 6.54 Å². The number of nitrogens with zero attached hydrogens (tertiary/aromatic N) is 1. The summed E-state index contributed by atoms with van der Waals surface area (Å²) in [6, 6.07) is 0. The molecular weight excluding hydrogens is 160 g/mol. The second-order valence-corrected chi connectivity index (χ2v) is 4.07. The molecule has 2 nitrogen and oxygen atoms in total. The zero-order valence-electron chi connectivity index (χ0n) is 9.77. The van der Waals surface area contributed by atoms with E-state index < -0.39 is 0 Å². The Morgan fingerprint density at radius 3 is 2.46 bits per heavy atom. The summed E-state index contributed by atoms with van der Waals surface area (Å²) in [5, 5.41) is 3.46. The Kier molecular flexibility index (Phi) is 8.46. The van der Waals surface area contributed by atoms with Gasteiger partial charge < -0.3 is 10.2 Å². The van der Waals surface area contributed by atoms with Crippen molar-refractivity contribution in [1.82, 2.24) is 10.2 Å². The first kappa shape index (κ1) is 12.9. The third-order valence-corrected chi connectivity index (χ3v) is 2.15. The molecule has 0 aromatic heterocycles. The first-order chi connectivity index (χ1) is 6.20. The molecule has 0 aliphatic heterocycles. The minimum Gasteiger partial charge on any atom is -0.316 e. The van der Waals surface area contributed by atoms with Crippen LogP contribution in [0.15, 0.2) is 0 Å². The van der Waals surface area contributed by atoms with Crippen LogP contribution in [0.2, 0.25) is 0 Å². The highest BCUT2D eigenvalue weighted by atomic mass is 15.1. The molecule has 0 rings (SSSR count). The number of nitrogens with one attached hydrogen (secondary N) is 1. The maximum atomic E-state index is 3.46. The van der Waals surface area contributed by atoms with E-state index in [4.69, 9.17) is 0 Å². The highest BCUT2D eigenvalue weighted by molar-refractivity contribution is 4.61. The van der Waals surface area contributed by atoms with Crippen LogP contribution in [-0.2, 0) is 0 Å². The zero-order chi connectivity index (χ0) is 10.1. The lowest BCUT2D eigenvalue weighted by Gasteiger charge is -2.20. The van der Waals surface area contributed by atoms with Crippen LogP contribution in [0.1, 0.15) is 33.6 Å². The topological polar surface area (TPSA) is 15.3 Å². The lowest BCUT2D eigenvalue weighted by molar-refractivity contribution is 0.281. The summed E-state index contributed by atoms with van der Waals surface area (Å²) in [6.45, 7) is 11.5. The Bertz CT molecular complexity index is 104. The van der Waals surface area contributed by atoms with Crippen molar-refractivity contribution in [2.24, 2.45) is 5.92 Å². The van der Waals surface area contributed by atoms with Crippen molar-refractivity contribution in [2.45, 2.75) is 33.6 Å². The highest BCUT2D eigenvalue weighted by Crippen LogP contribution is 1.97. The van der Waals surface area contributed by atoms with E-state index in [1.54, 1.807) is 0 Å². The third-order valence-electron chi connectivity index (χ3n) is 2.15. The Balaban J connectivity index is 3.32. The minimum absolute atomic E-state index is 0.767. The average molecular weight is 186 g/mol. The van der Waals surface area contributed by atoms with E-state index in [0.29, 0.717) is 0 Å². The summed E-state index contributed by atoms with van der Waals surface area (Å²) in [4.78, 5) is 2.41. The fourth-order valence-corrected chi connectivity index (χ4v) is 1.59. The van der Waals surface area contributed by atoms with Crippen LogP contribution in [0.5, 0.6) is 0 Å². The van der Waals surface area contributed by atoms with Gasteiger partial charge in [-0.15, -0.1) is 0 Å². The summed E-state index contributed by atoms with van der Waals surface area (Å²) >= 11 is 0. The molecular formula is C11H26N2. The Labute approximate surface area is 83.7 Å². The van der Waals surface area contributed by atoms with Gasteiger partial charge in [0.25, 0.3) is 0 Å². The second-order valence-electron chi connectivity index (χ2n) is 4.07. The fraction of sp³-hybridized carbons (Fsp3) is 1.00. The SMILES string of the molecule is CCCNCC(C)CN(C)CCC. The van der Waals surface area contributed by atoms with Crippen LogP contribution in [0, 0.1) is 5.92 Å². The first-order valence-electron chi connectivity index (χ1n) is 5.59. The number of hydrogen-bond donors (Lipinski definition) is 1. The average Bonchev–Trinajstić information content (AvgIpc) is 2.05. The Hall–Kier alpha value is -0.0800. The molecule has 13 heavy (non-hydrogen) atoms. The molecule has 0 aromatic carbocycles. The zero-order valence-corrected chi connectivity index (χ0v) is 9.77. The van der Waals surface area contributed by atoms with Gasteiger partial charge >= 0.3 is 0 Å². The second kappa shape index (κ2) is 8.52. The minimum atomic E-state index is 0.767. The van der Waals surface area contributed by atoms with E-state index in [9.17, 15) is 0 Å². The Morgan fingerprint density at radius 2 is 1.92 bits per heavy atom. The largest absolute Gasteiger partial charge is 0.316 e. The molecule has 0 aliphatic rings. The van der Waals surface area contributed by atoms with E-state index >= 15 is 0 Å². The molecule has 0 aromatic rings. The van der Waals surface area contributed by atoms with Crippen molar-refractivity contribution in [3.05, 3.63) is 0 Å². The molecule has 0 heterocycles. The van der Waals surface area contributed by atoms with Crippen LogP contribution in [0.3, 0.4) is 0 Å². The van der Waals surface area contributed by atoms with Gasteiger partial charge in [-0.25, -0.2) is 0 Å². The molecule has 0 radical (unpaired) electrons. The summed E-state index contributed by atoms with van der Waals surface area (Å²) in [7, 11) is 2.21. The van der Waals surface area contributed by atoms with Crippen LogP contribution < -0.4 is 5.32 Å². The molecule has 0 aliphatic carbocycles. The fourth-order valence-electron chi connectivity index (χ4n) is 1.59. The van der Waals surface area contributed by atoms with Gasteiger partial charge in [-0.05, 0) is 45.4 Å². The molecule has 0 spiro atoms. The summed E-state index contributed by atoms with van der Waals surface area (Å²) in [5.74, 6) is 0.767. The van der Waals surface area contributed by atoms with Crippen molar-refractivity contribution < 1.29 is 0 Å². The number of hydrogen-bond acceptors (Lipinski definition) is 2. The van der Waals surface area contributed by atoms with E-state index in [0.717, 1.165) is 19.0 Å². The van der Waals surface area contributed by atoms with Crippen molar-refractivity contribution in [3.63, 3.8) is 0 Å². The van der Waals surface area contributed by atoms with Crippen LogP contribution in [0.25, 0.3) is 0 Å². The van der Waals surface area contributed by atoms with Crippen molar-refractivity contribution in [3.8, 4) is 0 Å². The first-order valence-corrected chi connectivity index (χ1v) is 5.59. The van der Waals surface area contributed by atoms with Crippen LogP contribution >= 0.6 is 0 Å². The van der Waals surface area contributed by atoms with Gasteiger partial charge in [0.15, 0.2) is 0 Å². The van der Waals surface area contributed by atoms with Gasteiger partial charge in [0.2, 0.25) is 0 Å². The van der Waals surface area contributed by atoms with Gasteiger partial charge in [-0.2, -0.15) is 0 Å². The molecule has 1 atom stereocenters. The quantitative estimate of drug-likeness (QED) is 0.583. The predicted molar refractivity (Wildman–Crippen MR) is 60.1 cm³/mol. The van der Waals surface area contributed by atoms with Crippen molar-refractivity contribution in [1.29, 1.82) is 0 Å². The maximum absolute atomic E-state index is 3.46. The van der Waals surface area contributed by atoms with Gasteiger partial charge in [0.1, 0.15) is 0 Å². The van der Waals surface area contributed by atoms with E-state index in [1.807, 2.05) is 0 Å². The van der Waals surface area contributed by atoms with E-state index in [1.165, 1.54) is 25.9 Å².